The molecule has 0 aliphatic heterocycles. The van der Waals surface area contributed by atoms with Crippen molar-refractivity contribution >= 4 is 28.6 Å². The topological polar surface area (TPSA) is 49.3 Å². The number of rotatable bonds is 5. The van der Waals surface area contributed by atoms with Gasteiger partial charge in [0.25, 0.3) is 0 Å². The second-order valence-electron chi connectivity index (χ2n) is 4.75. The fraction of sp³-hybridized carbons (Fsp3) is 0.357. The van der Waals surface area contributed by atoms with Gasteiger partial charge < -0.3 is 10.4 Å². The van der Waals surface area contributed by atoms with Gasteiger partial charge in [-0.15, -0.1) is 11.3 Å². The van der Waals surface area contributed by atoms with Gasteiger partial charge in [-0.25, -0.2) is 0 Å². The van der Waals surface area contributed by atoms with Gasteiger partial charge in [-0.3, -0.25) is 4.79 Å². The van der Waals surface area contributed by atoms with Crippen LogP contribution in [0.25, 0.3) is 0 Å². The van der Waals surface area contributed by atoms with Crippen molar-refractivity contribution in [1.82, 2.24) is 5.32 Å². The van der Waals surface area contributed by atoms with Gasteiger partial charge in [0.2, 0.25) is 5.91 Å². The number of carbonyl (C=O) groups excluding carboxylic acids is 1. The number of hydrogen-bond acceptors (Lipinski definition) is 4. The standard InChI is InChI=1S/C14H17NO2S2/c1-10(11-5-7-18-8-11)13(16)15-9-14(2,17)12-4-3-6-19-12/h3-8,10,17H,9H2,1-2H3,(H,15,16). The van der Waals surface area contributed by atoms with E-state index in [-0.39, 0.29) is 18.4 Å². The average molecular weight is 295 g/mol. The van der Waals surface area contributed by atoms with Crippen LogP contribution in [0.4, 0.5) is 0 Å². The van der Waals surface area contributed by atoms with Crippen molar-refractivity contribution in [2.45, 2.75) is 25.4 Å². The molecule has 0 radical (unpaired) electrons. The molecule has 0 aromatic carbocycles. The summed E-state index contributed by atoms with van der Waals surface area (Å²) in [6.45, 7) is 3.81. The summed E-state index contributed by atoms with van der Waals surface area (Å²) in [5.41, 5.74) is -0.00340. The minimum atomic E-state index is -1.02. The van der Waals surface area contributed by atoms with Crippen molar-refractivity contribution in [3.05, 3.63) is 44.8 Å². The number of carbonyl (C=O) groups is 1. The molecule has 2 N–H and O–H groups in total. The smallest absolute Gasteiger partial charge is 0.227 e. The van der Waals surface area contributed by atoms with Gasteiger partial charge in [-0.05, 0) is 47.7 Å². The quantitative estimate of drug-likeness (QED) is 0.891. The largest absolute Gasteiger partial charge is 0.383 e. The lowest BCUT2D eigenvalue weighted by Crippen LogP contribution is -2.39. The van der Waals surface area contributed by atoms with Crippen LogP contribution in [0, 0.1) is 0 Å². The van der Waals surface area contributed by atoms with E-state index in [9.17, 15) is 9.90 Å². The van der Waals surface area contributed by atoms with Crippen LogP contribution >= 0.6 is 22.7 Å². The molecule has 0 bridgehead atoms. The SMILES string of the molecule is CC(C(=O)NCC(C)(O)c1cccs1)c1ccsc1. The van der Waals surface area contributed by atoms with Crippen molar-refractivity contribution in [2.75, 3.05) is 6.54 Å². The van der Waals surface area contributed by atoms with Gasteiger partial charge in [0, 0.05) is 4.88 Å². The first-order valence-electron chi connectivity index (χ1n) is 6.07. The van der Waals surface area contributed by atoms with Gasteiger partial charge in [0.15, 0.2) is 0 Å². The monoisotopic (exact) mass is 295 g/mol. The highest BCUT2D eigenvalue weighted by atomic mass is 32.1. The zero-order chi connectivity index (χ0) is 13.9. The highest BCUT2D eigenvalue weighted by Crippen LogP contribution is 2.25. The van der Waals surface area contributed by atoms with E-state index in [1.807, 2.05) is 41.3 Å². The molecule has 2 unspecified atom stereocenters. The first-order chi connectivity index (χ1) is 9.00. The van der Waals surface area contributed by atoms with Crippen LogP contribution < -0.4 is 5.32 Å². The first-order valence-corrected chi connectivity index (χ1v) is 7.89. The Morgan fingerprint density at radius 1 is 1.47 bits per heavy atom. The van der Waals surface area contributed by atoms with E-state index in [1.165, 1.54) is 11.3 Å². The third-order valence-corrected chi connectivity index (χ3v) is 4.92. The first kappa shape index (κ1) is 14.2. The van der Waals surface area contributed by atoms with E-state index in [0.717, 1.165) is 10.4 Å². The predicted molar refractivity (Wildman–Crippen MR) is 79.6 cm³/mol. The Balaban J connectivity index is 1.94. The third-order valence-electron chi connectivity index (χ3n) is 3.10. The summed E-state index contributed by atoms with van der Waals surface area (Å²) in [6.07, 6.45) is 0. The Kier molecular flexibility index (Phi) is 4.39. The van der Waals surface area contributed by atoms with Crippen molar-refractivity contribution in [3.63, 3.8) is 0 Å². The fourth-order valence-electron chi connectivity index (χ4n) is 1.76. The molecule has 0 aliphatic carbocycles. The Bertz CT molecular complexity index is 518. The van der Waals surface area contributed by atoms with Crippen LogP contribution in [-0.4, -0.2) is 17.6 Å². The van der Waals surface area contributed by atoms with Crippen LogP contribution in [-0.2, 0) is 10.4 Å². The second kappa shape index (κ2) is 5.86. The molecule has 0 saturated heterocycles. The van der Waals surface area contributed by atoms with Crippen LogP contribution in [0.15, 0.2) is 34.3 Å². The molecule has 0 fully saturated rings. The summed E-state index contributed by atoms with van der Waals surface area (Å²) in [7, 11) is 0. The molecule has 0 spiro atoms. The molecule has 2 rings (SSSR count). The zero-order valence-electron chi connectivity index (χ0n) is 10.9. The summed E-state index contributed by atoms with van der Waals surface area (Å²) in [4.78, 5) is 12.9. The van der Waals surface area contributed by atoms with Crippen molar-refractivity contribution < 1.29 is 9.90 Å². The van der Waals surface area contributed by atoms with Crippen LogP contribution in [0.1, 0.15) is 30.2 Å². The van der Waals surface area contributed by atoms with E-state index in [4.69, 9.17) is 0 Å². The van der Waals surface area contributed by atoms with Gasteiger partial charge in [0.1, 0.15) is 5.60 Å². The van der Waals surface area contributed by atoms with Crippen molar-refractivity contribution in [3.8, 4) is 0 Å². The van der Waals surface area contributed by atoms with E-state index in [0.29, 0.717) is 0 Å². The summed E-state index contributed by atoms with van der Waals surface area (Å²) in [5, 5.41) is 19.0. The van der Waals surface area contributed by atoms with Crippen molar-refractivity contribution in [2.24, 2.45) is 0 Å². The zero-order valence-corrected chi connectivity index (χ0v) is 12.6. The molecular weight excluding hydrogens is 278 g/mol. The Labute approximate surface area is 120 Å². The Morgan fingerprint density at radius 2 is 2.26 bits per heavy atom. The lowest BCUT2D eigenvalue weighted by molar-refractivity contribution is -0.123. The highest BCUT2D eigenvalue weighted by molar-refractivity contribution is 7.10. The lowest BCUT2D eigenvalue weighted by Gasteiger charge is -2.23. The summed E-state index contributed by atoms with van der Waals surface area (Å²) < 4.78 is 0. The Hall–Kier alpha value is -1.17. The molecule has 2 aromatic heterocycles. The number of aliphatic hydroxyl groups is 1. The molecular formula is C14H17NO2S2. The molecule has 19 heavy (non-hydrogen) atoms. The predicted octanol–water partition coefficient (Wildman–Crippen LogP) is 2.94. The molecule has 2 heterocycles. The molecule has 3 nitrogen and oxygen atoms in total. The van der Waals surface area contributed by atoms with Gasteiger partial charge in [-0.1, -0.05) is 6.07 Å². The normalized spacial score (nSPS) is 15.7. The van der Waals surface area contributed by atoms with Crippen LogP contribution in [0.5, 0.6) is 0 Å². The Morgan fingerprint density at radius 3 is 2.84 bits per heavy atom. The molecule has 0 aliphatic rings. The molecule has 102 valence electrons. The van der Waals surface area contributed by atoms with E-state index in [2.05, 4.69) is 5.32 Å². The van der Waals surface area contributed by atoms with Crippen LogP contribution in [0.2, 0.25) is 0 Å². The summed E-state index contributed by atoms with van der Waals surface area (Å²) >= 11 is 3.07. The number of thiophene rings is 2. The number of amides is 1. The average Bonchev–Trinajstić information content (AvgIpc) is 3.06. The molecule has 1 amide bonds. The fourth-order valence-corrected chi connectivity index (χ4v) is 3.30. The van der Waals surface area contributed by atoms with Crippen molar-refractivity contribution in [1.29, 1.82) is 0 Å². The maximum atomic E-state index is 12.0. The molecule has 2 aromatic rings. The minimum absolute atomic E-state index is 0.0600. The van der Waals surface area contributed by atoms with Gasteiger partial charge >= 0.3 is 0 Å². The van der Waals surface area contributed by atoms with Gasteiger partial charge in [-0.2, -0.15) is 11.3 Å². The molecule has 0 saturated carbocycles. The van der Waals surface area contributed by atoms with Gasteiger partial charge in [0.05, 0.1) is 12.5 Å². The highest BCUT2D eigenvalue weighted by Gasteiger charge is 2.26. The molecule has 5 heteroatoms. The summed E-state index contributed by atoms with van der Waals surface area (Å²) in [5.74, 6) is -0.249. The van der Waals surface area contributed by atoms with E-state index >= 15 is 0 Å². The van der Waals surface area contributed by atoms with E-state index < -0.39 is 5.60 Å². The maximum absolute atomic E-state index is 12.0. The minimum Gasteiger partial charge on any atom is -0.383 e. The number of hydrogen-bond donors (Lipinski definition) is 2. The third kappa shape index (κ3) is 3.43. The lowest BCUT2D eigenvalue weighted by atomic mass is 10.0. The van der Waals surface area contributed by atoms with Crippen LogP contribution in [0.3, 0.4) is 0 Å². The van der Waals surface area contributed by atoms with E-state index in [1.54, 1.807) is 18.3 Å². The molecule has 2 atom stereocenters. The number of nitrogens with one attached hydrogen (secondary N) is 1. The second-order valence-corrected chi connectivity index (χ2v) is 6.48. The maximum Gasteiger partial charge on any atom is 0.227 e. The summed E-state index contributed by atoms with van der Waals surface area (Å²) in [6, 6.07) is 5.72.